The number of aromatic nitrogens is 3. The minimum atomic E-state index is -0.706. The van der Waals surface area contributed by atoms with E-state index in [9.17, 15) is 19.2 Å². The van der Waals surface area contributed by atoms with E-state index in [-0.39, 0.29) is 48.3 Å². The number of aromatic amines is 1. The molecule has 8 rings (SSSR count). The van der Waals surface area contributed by atoms with Crippen LogP contribution in [0.5, 0.6) is 0 Å². The number of benzene rings is 3. The molecule has 0 saturated carbocycles. The minimum Gasteiger partial charge on any atom is -0.453 e. The lowest BCUT2D eigenvalue weighted by atomic mass is 10.0. The summed E-state index contributed by atoms with van der Waals surface area (Å²) in [5, 5.41) is 5.46. The molecule has 3 aliphatic heterocycles. The third-order valence-corrected chi connectivity index (χ3v) is 14.6. The lowest BCUT2D eigenvalue weighted by molar-refractivity contribution is -0.136. The molecule has 16 heteroatoms. The fourth-order valence-electron chi connectivity index (χ4n) is 10.7. The molecule has 4 amide bonds. The number of carbonyl (C=O) groups is 4. The largest absolute Gasteiger partial charge is 0.453 e. The van der Waals surface area contributed by atoms with Gasteiger partial charge in [-0.3, -0.25) is 14.6 Å². The van der Waals surface area contributed by atoms with Crippen LogP contribution in [0, 0.1) is 11.8 Å². The number of aliphatic imine (C=N–C) groups is 1. The summed E-state index contributed by atoms with van der Waals surface area (Å²) in [5.41, 5.74) is 16.3. The highest BCUT2D eigenvalue weighted by molar-refractivity contribution is 6.02. The number of alkyl carbamates (subject to hydrolysis) is 2. The van der Waals surface area contributed by atoms with Crippen LogP contribution in [-0.4, -0.2) is 125 Å². The van der Waals surface area contributed by atoms with Gasteiger partial charge in [-0.25, -0.2) is 14.6 Å². The molecule has 0 spiro atoms. The topological polar surface area (TPSA) is 193 Å². The monoisotopic (exact) mass is 981 g/mol. The number of hydrogen-bond acceptors (Lipinski definition) is 10. The Hall–Kier alpha value is -6.94. The van der Waals surface area contributed by atoms with Gasteiger partial charge in [-0.1, -0.05) is 76.2 Å². The SMILES string of the molecule is COC(=O)NC(C(=O)N1CCCC1c1ncc(-c2ccc(-c3ccc(-c4ccc(C(CN)=NC(C)C5CCCN5C(=O)C(NC(=O)OC)C(C)C)cc4)n3-c3ccc(N4CCCCC4)cc3)cc2)[nH]1)C(C)C. The molecule has 3 aliphatic rings. The lowest BCUT2D eigenvalue weighted by Crippen LogP contribution is -2.54. The summed E-state index contributed by atoms with van der Waals surface area (Å²) in [6.45, 7) is 13.2. The minimum absolute atomic E-state index is 0.118. The predicted octanol–water partition coefficient (Wildman–Crippen LogP) is 8.74. The fourth-order valence-corrected chi connectivity index (χ4v) is 10.7. The number of carbonyl (C=O) groups excluding carboxylic acids is 4. The molecule has 16 nitrogen and oxygen atoms in total. The van der Waals surface area contributed by atoms with Gasteiger partial charge in [-0.15, -0.1) is 0 Å². The smallest absolute Gasteiger partial charge is 0.407 e. The number of anilines is 1. The summed E-state index contributed by atoms with van der Waals surface area (Å²) in [5.74, 6) is 0.211. The number of amides is 4. The lowest BCUT2D eigenvalue weighted by Gasteiger charge is -2.32. The van der Waals surface area contributed by atoms with E-state index in [1.165, 1.54) is 39.2 Å². The Morgan fingerprint density at radius 1 is 0.667 bits per heavy atom. The molecule has 0 aliphatic carbocycles. The number of hydrogen-bond donors (Lipinski definition) is 4. The van der Waals surface area contributed by atoms with Crippen molar-refractivity contribution in [2.75, 3.05) is 51.8 Å². The van der Waals surface area contributed by atoms with E-state index in [0.717, 1.165) is 95.3 Å². The summed E-state index contributed by atoms with van der Waals surface area (Å²) in [6, 6.07) is 28.1. The Bertz CT molecular complexity index is 2690. The maximum atomic E-state index is 13.8. The molecule has 5 heterocycles. The van der Waals surface area contributed by atoms with Gasteiger partial charge in [0.15, 0.2) is 0 Å². The predicted molar refractivity (Wildman–Crippen MR) is 282 cm³/mol. The fraction of sp³-hybridized carbons (Fsp3) is 0.464. The number of nitrogens with zero attached hydrogens (tertiary/aromatic N) is 6. The Morgan fingerprint density at radius 2 is 1.19 bits per heavy atom. The molecule has 5 unspecified atom stereocenters. The normalized spacial score (nSPS) is 18.6. The third kappa shape index (κ3) is 11.2. The van der Waals surface area contributed by atoms with Crippen LogP contribution < -0.4 is 21.3 Å². The van der Waals surface area contributed by atoms with Crippen LogP contribution in [0.4, 0.5) is 15.3 Å². The van der Waals surface area contributed by atoms with Crippen LogP contribution in [0.15, 0.2) is 96.1 Å². The van der Waals surface area contributed by atoms with Crippen LogP contribution in [0.2, 0.25) is 0 Å². The number of imidazole rings is 1. The highest BCUT2D eigenvalue weighted by Crippen LogP contribution is 2.37. The molecule has 5 atom stereocenters. The van der Waals surface area contributed by atoms with E-state index >= 15 is 0 Å². The van der Waals surface area contributed by atoms with Gasteiger partial charge in [0, 0.05) is 44.1 Å². The molecular formula is C56H72N10O6. The van der Waals surface area contributed by atoms with Crippen molar-refractivity contribution in [1.29, 1.82) is 0 Å². The molecule has 0 bridgehead atoms. The van der Waals surface area contributed by atoms with Gasteiger partial charge in [0.2, 0.25) is 11.8 Å². The standard InChI is InChI=1S/C56H72N10O6/c1-35(2)50(61-55(69)71-6)53(67)64-31-11-13-46(64)37(5)59-44(33-57)38-15-19-40(20-16-38)47-27-28-48(66(47)43-25-23-42(24-26-43)63-29-9-8-10-30-63)41-21-17-39(18-22-41)45-34-58-52(60-45)49-14-12-32-65(49)54(68)51(36(3)4)62-56(70)72-7/h15-28,34-37,46,49-51H,8-14,29-33,57H2,1-7H3,(H,58,60)(H,61,69)(H,62,70). The summed E-state index contributed by atoms with van der Waals surface area (Å²) >= 11 is 0. The van der Waals surface area contributed by atoms with Crippen molar-refractivity contribution in [3.8, 4) is 39.5 Å². The second kappa shape index (κ2) is 23.1. The molecule has 3 aromatic carbocycles. The van der Waals surface area contributed by atoms with Crippen molar-refractivity contribution in [3.05, 3.63) is 103 Å². The second-order valence-corrected chi connectivity index (χ2v) is 20.0. The Kier molecular flexibility index (Phi) is 16.5. The first kappa shape index (κ1) is 51.4. The van der Waals surface area contributed by atoms with Gasteiger partial charge < -0.3 is 50.1 Å². The van der Waals surface area contributed by atoms with E-state index in [1.54, 1.807) is 0 Å². The van der Waals surface area contributed by atoms with E-state index in [4.69, 9.17) is 25.2 Å². The number of ether oxygens (including phenoxy) is 2. The van der Waals surface area contributed by atoms with Gasteiger partial charge in [-0.05, 0) is 122 Å². The van der Waals surface area contributed by atoms with Crippen molar-refractivity contribution < 1.29 is 28.7 Å². The molecule has 0 radical (unpaired) electrons. The first-order valence-corrected chi connectivity index (χ1v) is 25.7. The zero-order valence-electron chi connectivity index (χ0n) is 42.9. The molecular weight excluding hydrogens is 909 g/mol. The summed E-state index contributed by atoms with van der Waals surface area (Å²) in [7, 11) is 2.60. The molecule has 3 fully saturated rings. The summed E-state index contributed by atoms with van der Waals surface area (Å²) in [6.07, 6.45) is 7.52. The number of H-pyrrole nitrogens is 1. The third-order valence-electron chi connectivity index (χ3n) is 14.6. The van der Waals surface area contributed by atoms with Crippen molar-refractivity contribution in [2.45, 2.75) is 110 Å². The highest BCUT2D eigenvalue weighted by Gasteiger charge is 2.39. The number of rotatable bonds is 16. The van der Waals surface area contributed by atoms with Crippen molar-refractivity contribution >= 4 is 35.4 Å². The summed E-state index contributed by atoms with van der Waals surface area (Å²) in [4.78, 5) is 71.4. The van der Waals surface area contributed by atoms with Gasteiger partial charge in [0.1, 0.15) is 17.9 Å². The zero-order valence-corrected chi connectivity index (χ0v) is 42.9. The van der Waals surface area contributed by atoms with Crippen molar-refractivity contribution in [2.24, 2.45) is 22.6 Å². The number of nitrogens with one attached hydrogen (secondary N) is 3. The Balaban J connectivity index is 1.05. The van der Waals surface area contributed by atoms with Crippen LogP contribution in [0.25, 0.3) is 39.5 Å². The van der Waals surface area contributed by atoms with Crippen LogP contribution in [0.3, 0.4) is 0 Å². The van der Waals surface area contributed by atoms with E-state index in [1.807, 2.05) is 50.6 Å². The van der Waals surface area contributed by atoms with Gasteiger partial charge in [-0.2, -0.15) is 0 Å². The molecule has 72 heavy (non-hydrogen) atoms. The van der Waals surface area contributed by atoms with Crippen molar-refractivity contribution in [1.82, 2.24) is 35.0 Å². The molecule has 382 valence electrons. The Morgan fingerprint density at radius 3 is 1.76 bits per heavy atom. The zero-order chi connectivity index (χ0) is 51.1. The number of likely N-dealkylation sites (tertiary alicyclic amines) is 2. The first-order chi connectivity index (χ1) is 34.8. The van der Waals surface area contributed by atoms with E-state index in [0.29, 0.717) is 13.1 Å². The van der Waals surface area contributed by atoms with E-state index < -0.39 is 24.3 Å². The van der Waals surface area contributed by atoms with Crippen molar-refractivity contribution in [3.63, 3.8) is 0 Å². The second-order valence-electron chi connectivity index (χ2n) is 20.0. The molecule has 5 N–H and O–H groups in total. The highest BCUT2D eigenvalue weighted by atomic mass is 16.5. The Labute approximate surface area is 423 Å². The average molecular weight is 981 g/mol. The van der Waals surface area contributed by atoms with Gasteiger partial charge in [0.05, 0.1) is 61.3 Å². The average Bonchev–Trinajstić information content (AvgIpc) is 4.26. The van der Waals surface area contributed by atoms with E-state index in [2.05, 4.69) is 110 Å². The summed E-state index contributed by atoms with van der Waals surface area (Å²) < 4.78 is 11.9. The molecule has 2 aromatic heterocycles. The maximum absolute atomic E-state index is 13.8. The van der Waals surface area contributed by atoms with Crippen LogP contribution in [0.1, 0.15) is 97.0 Å². The first-order valence-electron chi connectivity index (χ1n) is 25.7. The number of piperidine rings is 1. The number of methoxy groups -OCH3 is 2. The number of nitrogens with two attached hydrogens (primary N) is 1. The van der Waals surface area contributed by atoms with Crippen LogP contribution >= 0.6 is 0 Å². The molecule has 3 saturated heterocycles. The maximum Gasteiger partial charge on any atom is 0.407 e. The quantitative estimate of drug-likeness (QED) is 0.0700. The van der Waals surface area contributed by atoms with Gasteiger partial charge >= 0.3 is 12.2 Å². The van der Waals surface area contributed by atoms with Gasteiger partial charge in [0.25, 0.3) is 0 Å². The molecule has 5 aromatic rings. The van der Waals surface area contributed by atoms with Crippen LogP contribution in [-0.2, 0) is 19.1 Å².